The van der Waals surface area contributed by atoms with E-state index in [0.717, 1.165) is 0 Å². The van der Waals surface area contributed by atoms with Gasteiger partial charge in [-0.3, -0.25) is 0 Å². The van der Waals surface area contributed by atoms with Gasteiger partial charge in [0.2, 0.25) is 0 Å². The van der Waals surface area contributed by atoms with Crippen molar-refractivity contribution in [3.05, 3.63) is 21.8 Å². The number of thioether (sulfide) groups is 1. The van der Waals surface area contributed by atoms with Crippen LogP contribution in [0.25, 0.3) is 0 Å². The molecule has 0 bridgehead atoms. The Labute approximate surface area is 72.2 Å². The van der Waals surface area contributed by atoms with Crippen molar-refractivity contribution in [2.45, 2.75) is 25.7 Å². The van der Waals surface area contributed by atoms with Crippen molar-refractivity contribution in [2.75, 3.05) is 0 Å². The fourth-order valence-corrected chi connectivity index (χ4v) is 2.22. The lowest BCUT2D eigenvalue weighted by Gasteiger charge is -2.14. The van der Waals surface area contributed by atoms with Crippen LogP contribution in [-0.2, 0) is 0 Å². The van der Waals surface area contributed by atoms with Gasteiger partial charge in [-0.05, 0) is 40.9 Å². The molecule has 0 radical (unpaired) electrons. The van der Waals surface area contributed by atoms with Gasteiger partial charge in [-0.15, -0.1) is 24.4 Å². The molecule has 0 nitrogen and oxygen atoms in total. The lowest BCUT2D eigenvalue weighted by Crippen LogP contribution is -1.91. The molecule has 10 heavy (non-hydrogen) atoms. The van der Waals surface area contributed by atoms with E-state index < -0.39 is 0 Å². The molecule has 0 saturated heterocycles. The van der Waals surface area contributed by atoms with Crippen LogP contribution in [0.2, 0.25) is 0 Å². The van der Waals surface area contributed by atoms with Crippen LogP contribution in [0.15, 0.2) is 21.8 Å². The van der Waals surface area contributed by atoms with E-state index in [9.17, 15) is 0 Å². The van der Waals surface area contributed by atoms with Gasteiger partial charge in [0.05, 0.1) is 0 Å². The lowest BCUT2D eigenvalue weighted by molar-refractivity contribution is 0.717. The molecule has 0 atom stereocenters. The molecule has 0 aromatic heterocycles. The topological polar surface area (TPSA) is 0 Å². The van der Waals surface area contributed by atoms with Crippen molar-refractivity contribution in [2.24, 2.45) is 0 Å². The predicted octanol–water partition coefficient (Wildman–Crippen LogP) is 3.58. The van der Waals surface area contributed by atoms with Crippen molar-refractivity contribution < 1.29 is 0 Å². The van der Waals surface area contributed by atoms with Gasteiger partial charge >= 0.3 is 0 Å². The summed E-state index contributed by atoms with van der Waals surface area (Å²) < 4.78 is 0. The Bertz CT molecular complexity index is 159. The van der Waals surface area contributed by atoms with Gasteiger partial charge in [0.25, 0.3) is 0 Å². The molecular formula is C8H12S2. The Morgan fingerprint density at radius 3 is 2.70 bits per heavy atom. The van der Waals surface area contributed by atoms with Crippen LogP contribution in [0.1, 0.15) is 25.7 Å². The molecule has 0 N–H and O–H groups in total. The molecule has 0 aromatic carbocycles. The van der Waals surface area contributed by atoms with Gasteiger partial charge in [-0.25, -0.2) is 0 Å². The molecule has 0 aromatic rings. The first kappa shape index (κ1) is 8.28. The summed E-state index contributed by atoms with van der Waals surface area (Å²) in [5.41, 5.74) is 0. The normalized spacial score (nSPS) is 19.3. The molecule has 0 aliphatic heterocycles. The molecule has 0 amide bonds. The zero-order valence-corrected chi connectivity index (χ0v) is 7.68. The minimum atomic E-state index is 1.17. The standard InChI is InChI=1S/C8H12S2/c1-2-10-8-6-4-3-5-7(8)9/h2,9H,1,3-6H2. The molecule has 1 aliphatic carbocycles. The summed E-state index contributed by atoms with van der Waals surface area (Å²) in [4.78, 5) is 2.70. The van der Waals surface area contributed by atoms with Crippen LogP contribution >= 0.6 is 24.4 Å². The molecule has 0 saturated carbocycles. The van der Waals surface area contributed by atoms with E-state index in [2.05, 4.69) is 19.2 Å². The number of allylic oxidation sites excluding steroid dienone is 2. The van der Waals surface area contributed by atoms with Gasteiger partial charge in [0.1, 0.15) is 0 Å². The van der Waals surface area contributed by atoms with E-state index in [0.29, 0.717) is 0 Å². The minimum absolute atomic E-state index is 1.17. The average Bonchev–Trinajstić information content (AvgIpc) is 1.94. The summed E-state index contributed by atoms with van der Waals surface area (Å²) in [6.07, 6.45) is 5.00. The van der Waals surface area contributed by atoms with Crippen LogP contribution in [0, 0.1) is 0 Å². The summed E-state index contributed by atoms with van der Waals surface area (Å²) in [5.74, 6) is 0. The number of hydrogen-bond donors (Lipinski definition) is 1. The molecule has 1 aliphatic rings. The van der Waals surface area contributed by atoms with Crippen molar-refractivity contribution >= 4 is 24.4 Å². The van der Waals surface area contributed by atoms with Crippen LogP contribution < -0.4 is 0 Å². The fraction of sp³-hybridized carbons (Fsp3) is 0.500. The van der Waals surface area contributed by atoms with Gasteiger partial charge in [-0.2, -0.15) is 0 Å². The maximum Gasteiger partial charge on any atom is -0.00161 e. The number of thiol groups is 1. The van der Waals surface area contributed by atoms with Gasteiger partial charge in [-0.1, -0.05) is 6.58 Å². The quantitative estimate of drug-likeness (QED) is 0.621. The summed E-state index contributed by atoms with van der Waals surface area (Å²) >= 11 is 6.13. The Hall–Kier alpha value is 0.180. The third-order valence-corrected chi connectivity index (χ3v) is 3.16. The summed E-state index contributed by atoms with van der Waals surface area (Å²) in [6.45, 7) is 3.68. The molecule has 0 spiro atoms. The fourth-order valence-electron chi connectivity index (χ4n) is 1.09. The summed E-state index contributed by atoms with van der Waals surface area (Å²) in [7, 11) is 0. The molecule has 56 valence electrons. The van der Waals surface area contributed by atoms with Crippen LogP contribution in [0.4, 0.5) is 0 Å². The van der Waals surface area contributed by atoms with E-state index in [1.54, 1.807) is 11.8 Å². The zero-order chi connectivity index (χ0) is 7.40. The highest BCUT2D eigenvalue weighted by molar-refractivity contribution is 8.06. The Balaban J connectivity index is 2.58. The zero-order valence-electron chi connectivity index (χ0n) is 5.97. The van der Waals surface area contributed by atoms with Gasteiger partial charge in [0.15, 0.2) is 0 Å². The van der Waals surface area contributed by atoms with Crippen LogP contribution in [0.3, 0.4) is 0 Å². The Morgan fingerprint density at radius 2 is 2.10 bits per heavy atom. The minimum Gasteiger partial charge on any atom is -0.147 e. The highest BCUT2D eigenvalue weighted by Crippen LogP contribution is 2.34. The van der Waals surface area contributed by atoms with Crippen molar-refractivity contribution in [3.63, 3.8) is 0 Å². The van der Waals surface area contributed by atoms with Gasteiger partial charge in [0, 0.05) is 0 Å². The largest absolute Gasteiger partial charge is 0.147 e. The maximum atomic E-state index is 4.40. The highest BCUT2D eigenvalue weighted by atomic mass is 32.2. The highest BCUT2D eigenvalue weighted by Gasteiger charge is 2.08. The third-order valence-electron chi connectivity index (χ3n) is 1.61. The van der Waals surface area contributed by atoms with E-state index in [4.69, 9.17) is 0 Å². The molecule has 2 heteroatoms. The molecule has 0 unspecified atom stereocenters. The predicted molar refractivity (Wildman–Crippen MR) is 52.3 cm³/mol. The van der Waals surface area contributed by atoms with E-state index in [1.807, 2.05) is 5.41 Å². The smallest absolute Gasteiger partial charge is 0.00161 e. The summed E-state index contributed by atoms with van der Waals surface area (Å²) in [6, 6.07) is 0. The van der Waals surface area contributed by atoms with Crippen molar-refractivity contribution in [1.82, 2.24) is 0 Å². The first-order valence-electron chi connectivity index (χ1n) is 3.53. The summed E-state index contributed by atoms with van der Waals surface area (Å²) in [5, 5.41) is 1.89. The molecule has 0 heterocycles. The first-order valence-corrected chi connectivity index (χ1v) is 4.86. The van der Waals surface area contributed by atoms with E-state index in [-0.39, 0.29) is 0 Å². The average molecular weight is 172 g/mol. The second-order valence-corrected chi connectivity index (χ2v) is 3.96. The van der Waals surface area contributed by atoms with Crippen molar-refractivity contribution in [3.8, 4) is 0 Å². The van der Waals surface area contributed by atoms with E-state index in [1.165, 1.54) is 35.5 Å². The van der Waals surface area contributed by atoms with E-state index >= 15 is 0 Å². The number of rotatable bonds is 2. The monoisotopic (exact) mass is 172 g/mol. The molecule has 0 fully saturated rings. The number of hydrogen-bond acceptors (Lipinski definition) is 2. The van der Waals surface area contributed by atoms with Gasteiger partial charge < -0.3 is 0 Å². The Morgan fingerprint density at radius 1 is 1.40 bits per heavy atom. The van der Waals surface area contributed by atoms with Crippen LogP contribution in [0.5, 0.6) is 0 Å². The van der Waals surface area contributed by atoms with Crippen LogP contribution in [-0.4, -0.2) is 0 Å². The first-order chi connectivity index (χ1) is 4.84. The second kappa shape index (κ2) is 4.14. The van der Waals surface area contributed by atoms with Crippen molar-refractivity contribution in [1.29, 1.82) is 0 Å². The molecular weight excluding hydrogens is 160 g/mol. The maximum absolute atomic E-state index is 4.40. The Kier molecular flexibility index (Phi) is 3.43. The second-order valence-electron chi connectivity index (χ2n) is 2.36. The molecule has 1 rings (SSSR count). The lowest BCUT2D eigenvalue weighted by atomic mass is 10.1. The third kappa shape index (κ3) is 2.10. The SMILES string of the molecule is C=CSC1=C(S)CCCC1.